The van der Waals surface area contributed by atoms with E-state index in [1.54, 1.807) is 26.0 Å². The lowest BCUT2D eigenvalue weighted by Crippen LogP contribution is -2.05. The highest BCUT2D eigenvalue weighted by Crippen LogP contribution is 2.38. The zero-order valence-corrected chi connectivity index (χ0v) is 12.7. The molecule has 0 amide bonds. The topological polar surface area (TPSA) is 30.8 Å². The molecule has 4 heteroatoms. The van der Waals surface area contributed by atoms with Gasteiger partial charge in [-0.25, -0.2) is 0 Å². The number of thioether (sulfide) groups is 1. The molecule has 106 valence electrons. The van der Waals surface area contributed by atoms with Crippen molar-refractivity contribution in [2.24, 2.45) is 4.99 Å². The molecule has 0 unspecified atom stereocenters. The Morgan fingerprint density at radius 1 is 0.952 bits per heavy atom. The minimum Gasteiger partial charge on any atom is -0.493 e. The molecule has 0 atom stereocenters. The number of rotatable bonds is 3. The second kappa shape index (κ2) is 6.06. The molecule has 0 fully saturated rings. The maximum atomic E-state index is 5.42. The zero-order valence-electron chi connectivity index (χ0n) is 11.9. The molecule has 0 aliphatic carbocycles. The van der Waals surface area contributed by atoms with Gasteiger partial charge >= 0.3 is 0 Å². The minimum atomic E-state index is 0.711. The molecule has 0 saturated carbocycles. The summed E-state index contributed by atoms with van der Waals surface area (Å²) in [5.74, 6) is 1.44. The average molecular weight is 297 g/mol. The summed E-state index contributed by atoms with van der Waals surface area (Å²) in [6.07, 6.45) is 1.83. The molecule has 3 rings (SSSR count). The Morgan fingerprint density at radius 3 is 2.38 bits per heavy atom. The predicted molar refractivity (Wildman–Crippen MR) is 86.6 cm³/mol. The smallest absolute Gasteiger partial charge is 0.161 e. The van der Waals surface area contributed by atoms with Crippen molar-refractivity contribution >= 4 is 17.5 Å². The van der Waals surface area contributed by atoms with Crippen LogP contribution in [0.2, 0.25) is 0 Å². The van der Waals surface area contributed by atoms with Crippen molar-refractivity contribution in [2.45, 2.75) is 4.90 Å². The Morgan fingerprint density at radius 2 is 1.67 bits per heavy atom. The van der Waals surface area contributed by atoms with E-state index in [-0.39, 0.29) is 0 Å². The molecule has 3 nitrogen and oxygen atoms in total. The van der Waals surface area contributed by atoms with Gasteiger partial charge < -0.3 is 9.47 Å². The van der Waals surface area contributed by atoms with Crippen LogP contribution in [0.15, 0.2) is 64.0 Å². The summed E-state index contributed by atoms with van der Waals surface area (Å²) in [5.41, 5.74) is 3.07. The van der Waals surface area contributed by atoms with Crippen LogP contribution in [-0.4, -0.2) is 19.9 Å². The first-order valence-electron chi connectivity index (χ1n) is 6.55. The molecule has 1 heterocycles. The van der Waals surface area contributed by atoms with Crippen LogP contribution in [0.1, 0.15) is 11.1 Å². The summed E-state index contributed by atoms with van der Waals surface area (Å²) >= 11 is 1.63. The molecule has 0 aromatic heterocycles. The van der Waals surface area contributed by atoms with Crippen LogP contribution in [0.5, 0.6) is 11.5 Å². The van der Waals surface area contributed by atoms with Gasteiger partial charge in [-0.05, 0) is 17.5 Å². The van der Waals surface area contributed by atoms with E-state index in [0.29, 0.717) is 5.75 Å². The number of fused-ring (bicyclic) bond motifs is 1. The van der Waals surface area contributed by atoms with E-state index in [9.17, 15) is 0 Å². The number of nitrogens with zero attached hydrogens (tertiary/aromatic N) is 1. The molecule has 0 N–H and O–H groups in total. The van der Waals surface area contributed by atoms with Gasteiger partial charge in [-0.1, -0.05) is 42.1 Å². The maximum Gasteiger partial charge on any atom is 0.161 e. The number of aliphatic imine (C=N–C) groups is 1. The SMILES string of the molecule is COc1cc2c(cc1OC)C(c1ccccc1)=NC=CS2. The summed E-state index contributed by atoms with van der Waals surface area (Å²) < 4.78 is 10.8. The van der Waals surface area contributed by atoms with E-state index in [1.165, 1.54) is 0 Å². The van der Waals surface area contributed by atoms with E-state index < -0.39 is 0 Å². The second-order valence-electron chi connectivity index (χ2n) is 4.45. The van der Waals surface area contributed by atoms with E-state index >= 15 is 0 Å². The summed E-state index contributed by atoms with van der Waals surface area (Å²) in [6, 6.07) is 14.1. The van der Waals surface area contributed by atoms with Gasteiger partial charge in [0.2, 0.25) is 0 Å². The van der Waals surface area contributed by atoms with Crippen LogP contribution in [0.25, 0.3) is 0 Å². The highest BCUT2D eigenvalue weighted by Gasteiger charge is 2.17. The lowest BCUT2D eigenvalue weighted by Gasteiger charge is -2.14. The quantitative estimate of drug-likeness (QED) is 0.854. The molecule has 1 aliphatic rings. The fourth-order valence-electron chi connectivity index (χ4n) is 2.25. The number of hydrogen-bond donors (Lipinski definition) is 0. The Hall–Kier alpha value is -2.20. The van der Waals surface area contributed by atoms with Crippen molar-refractivity contribution in [1.82, 2.24) is 0 Å². The molecule has 0 bridgehead atoms. The van der Waals surface area contributed by atoms with Gasteiger partial charge in [0.05, 0.1) is 19.9 Å². The van der Waals surface area contributed by atoms with Crippen molar-refractivity contribution in [3.8, 4) is 11.5 Å². The first-order chi connectivity index (χ1) is 10.3. The average Bonchev–Trinajstić information content (AvgIpc) is 2.76. The van der Waals surface area contributed by atoms with E-state index in [0.717, 1.165) is 27.5 Å². The van der Waals surface area contributed by atoms with Crippen molar-refractivity contribution in [2.75, 3.05) is 14.2 Å². The standard InChI is InChI=1S/C17H15NO2S/c1-19-14-10-13-16(11-15(14)20-2)21-9-8-18-17(13)12-6-4-3-5-7-12/h3-11H,1-2H3. The third-order valence-corrected chi connectivity index (χ3v) is 4.10. The first-order valence-corrected chi connectivity index (χ1v) is 7.42. The van der Waals surface area contributed by atoms with Crippen LogP contribution >= 0.6 is 11.8 Å². The molecule has 21 heavy (non-hydrogen) atoms. The number of hydrogen-bond acceptors (Lipinski definition) is 4. The van der Waals surface area contributed by atoms with Crippen LogP contribution < -0.4 is 9.47 Å². The van der Waals surface area contributed by atoms with Crippen molar-refractivity contribution < 1.29 is 9.47 Å². The van der Waals surface area contributed by atoms with Gasteiger partial charge in [0.25, 0.3) is 0 Å². The third kappa shape index (κ3) is 2.67. The maximum absolute atomic E-state index is 5.42. The van der Waals surface area contributed by atoms with E-state index in [2.05, 4.69) is 17.1 Å². The van der Waals surface area contributed by atoms with Gasteiger partial charge in [0.15, 0.2) is 11.5 Å². The van der Waals surface area contributed by atoms with Crippen molar-refractivity contribution in [3.05, 3.63) is 65.2 Å². The minimum absolute atomic E-state index is 0.711. The second-order valence-corrected chi connectivity index (χ2v) is 5.40. The predicted octanol–water partition coefficient (Wildman–Crippen LogP) is 4.12. The zero-order chi connectivity index (χ0) is 14.7. The van der Waals surface area contributed by atoms with Crippen LogP contribution in [0.4, 0.5) is 0 Å². The van der Waals surface area contributed by atoms with Crippen LogP contribution in [0.3, 0.4) is 0 Å². The lowest BCUT2D eigenvalue weighted by atomic mass is 10.0. The Bertz CT molecular complexity index is 708. The van der Waals surface area contributed by atoms with Crippen LogP contribution in [-0.2, 0) is 0 Å². The van der Waals surface area contributed by atoms with Gasteiger partial charge in [0, 0.05) is 22.2 Å². The molecule has 2 aromatic carbocycles. The summed E-state index contributed by atoms with van der Waals surface area (Å²) in [5, 5.41) is 1.97. The van der Waals surface area contributed by atoms with Gasteiger partial charge in [-0.15, -0.1) is 0 Å². The number of methoxy groups -OCH3 is 2. The van der Waals surface area contributed by atoms with Crippen molar-refractivity contribution in [3.63, 3.8) is 0 Å². The largest absolute Gasteiger partial charge is 0.493 e. The number of benzene rings is 2. The van der Waals surface area contributed by atoms with Gasteiger partial charge in [-0.3, -0.25) is 4.99 Å². The normalized spacial score (nSPS) is 13.1. The highest BCUT2D eigenvalue weighted by molar-refractivity contribution is 8.02. The molecule has 0 saturated heterocycles. The fourth-order valence-corrected chi connectivity index (χ4v) is 2.97. The first kappa shape index (κ1) is 13.8. The molecular weight excluding hydrogens is 282 g/mol. The third-order valence-electron chi connectivity index (χ3n) is 3.25. The van der Waals surface area contributed by atoms with Gasteiger partial charge in [-0.2, -0.15) is 0 Å². The Kier molecular flexibility index (Phi) is 3.97. The molecule has 0 radical (unpaired) electrons. The lowest BCUT2D eigenvalue weighted by molar-refractivity contribution is 0.354. The number of ether oxygens (including phenoxy) is 2. The summed E-state index contributed by atoms with van der Waals surface area (Å²) in [7, 11) is 3.29. The molecule has 1 aliphatic heterocycles. The monoisotopic (exact) mass is 297 g/mol. The Balaban J connectivity index is 2.18. The van der Waals surface area contributed by atoms with Gasteiger partial charge in [0.1, 0.15) is 0 Å². The van der Waals surface area contributed by atoms with E-state index in [4.69, 9.17) is 9.47 Å². The van der Waals surface area contributed by atoms with Crippen molar-refractivity contribution in [1.29, 1.82) is 0 Å². The van der Waals surface area contributed by atoms with Crippen LogP contribution in [0, 0.1) is 0 Å². The Labute approximate surface area is 128 Å². The summed E-state index contributed by atoms with van der Waals surface area (Å²) in [4.78, 5) is 5.69. The molecular formula is C17H15NO2S. The molecule has 0 spiro atoms. The highest BCUT2D eigenvalue weighted by atomic mass is 32.2. The fraction of sp³-hybridized carbons (Fsp3) is 0.118. The van der Waals surface area contributed by atoms with E-state index in [1.807, 2.05) is 41.9 Å². The molecule has 2 aromatic rings. The summed E-state index contributed by atoms with van der Waals surface area (Å²) in [6.45, 7) is 0.